The van der Waals surface area contributed by atoms with Gasteiger partial charge in [-0.25, -0.2) is 8.78 Å². The van der Waals surface area contributed by atoms with Crippen molar-refractivity contribution < 1.29 is 13.6 Å². The Labute approximate surface area is 171 Å². The second kappa shape index (κ2) is 8.23. The van der Waals surface area contributed by atoms with Crippen molar-refractivity contribution in [1.29, 1.82) is 0 Å². The molecule has 1 unspecified atom stereocenters. The minimum atomic E-state index is -0.404. The molecule has 2 aromatic rings. The molecule has 2 heterocycles. The lowest BCUT2D eigenvalue weighted by atomic mass is 9.87. The third-order valence-corrected chi connectivity index (χ3v) is 6.55. The van der Waals surface area contributed by atoms with Gasteiger partial charge in [0, 0.05) is 37.2 Å². The predicted octanol–water partition coefficient (Wildman–Crippen LogP) is 4.82. The Morgan fingerprint density at radius 1 is 0.966 bits per heavy atom. The molecule has 0 aliphatic carbocycles. The molecule has 2 aliphatic rings. The van der Waals surface area contributed by atoms with Gasteiger partial charge in [-0.1, -0.05) is 29.8 Å². The number of amides is 1. The van der Waals surface area contributed by atoms with Crippen molar-refractivity contribution in [2.24, 2.45) is 0 Å². The number of hydrogen-bond acceptors (Lipinski definition) is 2. The van der Waals surface area contributed by atoms with Crippen LogP contribution in [0, 0.1) is 18.6 Å². The lowest BCUT2D eigenvalue weighted by molar-refractivity contribution is -0.132. The zero-order chi connectivity index (χ0) is 20.4. The van der Waals surface area contributed by atoms with E-state index in [1.165, 1.54) is 17.7 Å². The molecule has 0 saturated carbocycles. The van der Waals surface area contributed by atoms with Gasteiger partial charge in [-0.15, -0.1) is 0 Å². The first kappa shape index (κ1) is 20.0. The van der Waals surface area contributed by atoms with Crippen molar-refractivity contribution in [2.45, 2.75) is 57.7 Å². The maximum absolute atomic E-state index is 14.1. The third-order valence-electron chi connectivity index (χ3n) is 6.55. The summed E-state index contributed by atoms with van der Waals surface area (Å²) < 4.78 is 27.6. The van der Waals surface area contributed by atoms with Crippen molar-refractivity contribution >= 4 is 5.91 Å². The van der Waals surface area contributed by atoms with Crippen LogP contribution in [0.3, 0.4) is 0 Å². The van der Waals surface area contributed by atoms with Crippen LogP contribution >= 0.6 is 0 Å². The van der Waals surface area contributed by atoms with Crippen LogP contribution in [0.5, 0.6) is 0 Å². The van der Waals surface area contributed by atoms with E-state index in [2.05, 4.69) is 41.0 Å². The molecule has 1 amide bonds. The van der Waals surface area contributed by atoms with E-state index >= 15 is 0 Å². The highest BCUT2D eigenvalue weighted by atomic mass is 19.1. The molecule has 1 spiro atoms. The number of aryl methyl sites for hydroxylation is 1. The summed E-state index contributed by atoms with van der Waals surface area (Å²) in [5, 5.41) is 0. The largest absolute Gasteiger partial charge is 0.333 e. The fraction of sp³-hybridized carbons (Fsp3) is 0.458. The molecule has 2 aromatic carbocycles. The third kappa shape index (κ3) is 4.35. The molecule has 2 aliphatic heterocycles. The second-order valence-corrected chi connectivity index (χ2v) is 8.56. The molecule has 5 heteroatoms. The molecule has 1 atom stereocenters. The van der Waals surface area contributed by atoms with Crippen LogP contribution in [-0.2, 0) is 17.9 Å². The number of hydrogen-bond donors (Lipinski definition) is 0. The molecule has 0 radical (unpaired) electrons. The molecular formula is C24H28F2N2O. The van der Waals surface area contributed by atoms with E-state index in [9.17, 15) is 13.6 Å². The Kier molecular flexibility index (Phi) is 5.68. The Balaban J connectivity index is 1.47. The number of benzene rings is 2. The Bertz CT molecular complexity index is 883. The quantitative estimate of drug-likeness (QED) is 0.737. The average Bonchev–Trinajstić information content (AvgIpc) is 2.87. The maximum Gasteiger partial charge on any atom is 0.223 e. The zero-order valence-corrected chi connectivity index (χ0v) is 17.0. The summed E-state index contributed by atoms with van der Waals surface area (Å²) in [5.41, 5.74) is 2.66. The number of likely N-dealkylation sites (tertiary alicyclic amines) is 2. The lowest BCUT2D eigenvalue weighted by Crippen LogP contribution is -2.45. The molecule has 0 N–H and O–H groups in total. The summed E-state index contributed by atoms with van der Waals surface area (Å²) >= 11 is 0. The highest BCUT2D eigenvalue weighted by Crippen LogP contribution is 2.40. The molecule has 0 bridgehead atoms. The van der Waals surface area contributed by atoms with Crippen LogP contribution in [-0.4, -0.2) is 34.3 Å². The molecule has 29 heavy (non-hydrogen) atoms. The van der Waals surface area contributed by atoms with Crippen LogP contribution < -0.4 is 0 Å². The van der Waals surface area contributed by atoms with E-state index in [0.29, 0.717) is 25.1 Å². The fourth-order valence-corrected chi connectivity index (χ4v) is 4.82. The first-order valence-electron chi connectivity index (χ1n) is 10.5. The van der Waals surface area contributed by atoms with Gasteiger partial charge in [0.25, 0.3) is 0 Å². The highest BCUT2D eigenvalue weighted by Gasteiger charge is 2.45. The first-order valence-corrected chi connectivity index (χ1v) is 10.5. The van der Waals surface area contributed by atoms with Gasteiger partial charge in [-0.2, -0.15) is 0 Å². The van der Waals surface area contributed by atoms with Gasteiger partial charge >= 0.3 is 0 Å². The fourth-order valence-electron chi connectivity index (χ4n) is 4.82. The van der Waals surface area contributed by atoms with Gasteiger partial charge in [0.15, 0.2) is 0 Å². The summed E-state index contributed by atoms with van der Waals surface area (Å²) in [7, 11) is 0. The summed E-state index contributed by atoms with van der Waals surface area (Å²) in [6, 6.07) is 12.0. The van der Waals surface area contributed by atoms with Gasteiger partial charge < -0.3 is 4.90 Å². The number of carbonyl (C=O) groups is 1. The minimum absolute atomic E-state index is 0.114. The van der Waals surface area contributed by atoms with Crippen LogP contribution in [0.1, 0.15) is 48.8 Å². The van der Waals surface area contributed by atoms with E-state index in [-0.39, 0.29) is 17.3 Å². The number of rotatable bonds is 4. The maximum atomic E-state index is 14.1. The monoisotopic (exact) mass is 398 g/mol. The van der Waals surface area contributed by atoms with Crippen LogP contribution in [0.2, 0.25) is 0 Å². The van der Waals surface area contributed by atoms with Gasteiger partial charge in [0.1, 0.15) is 11.6 Å². The SMILES string of the molecule is Cc1ccc(CN2C(=O)CCC23CCCN(Cc2cc(F)ccc2F)CC3)cc1. The van der Waals surface area contributed by atoms with Gasteiger partial charge in [0.2, 0.25) is 5.91 Å². The highest BCUT2D eigenvalue weighted by molar-refractivity contribution is 5.79. The number of nitrogens with zero attached hydrogens (tertiary/aromatic N) is 2. The van der Waals surface area contributed by atoms with Gasteiger partial charge in [-0.3, -0.25) is 9.69 Å². The number of halogens is 2. The summed E-state index contributed by atoms with van der Waals surface area (Å²) in [6.45, 7) is 4.74. The average molecular weight is 398 g/mol. The normalized spacial score (nSPS) is 23.0. The first-order chi connectivity index (χ1) is 13.9. The van der Waals surface area contributed by atoms with E-state index in [4.69, 9.17) is 0 Å². The molecule has 3 nitrogen and oxygen atoms in total. The molecule has 2 fully saturated rings. The topological polar surface area (TPSA) is 23.6 Å². The van der Waals surface area contributed by atoms with Crippen LogP contribution in [0.15, 0.2) is 42.5 Å². The van der Waals surface area contributed by atoms with Crippen molar-refractivity contribution in [3.63, 3.8) is 0 Å². The second-order valence-electron chi connectivity index (χ2n) is 8.56. The Morgan fingerprint density at radius 3 is 2.55 bits per heavy atom. The molecule has 0 aromatic heterocycles. The summed E-state index contributed by atoms with van der Waals surface area (Å²) in [5.74, 6) is -0.532. The van der Waals surface area contributed by atoms with E-state index in [1.54, 1.807) is 0 Å². The van der Waals surface area contributed by atoms with Crippen molar-refractivity contribution in [1.82, 2.24) is 9.80 Å². The van der Waals surface area contributed by atoms with Crippen molar-refractivity contribution in [2.75, 3.05) is 13.1 Å². The molecule has 4 rings (SSSR count). The summed E-state index contributed by atoms with van der Waals surface area (Å²) in [6.07, 6.45) is 4.28. The smallest absolute Gasteiger partial charge is 0.223 e. The van der Waals surface area contributed by atoms with E-state index in [0.717, 1.165) is 50.4 Å². The number of carbonyl (C=O) groups excluding carboxylic acids is 1. The standard InChI is InChI=1S/C24H28F2N2O/c1-18-3-5-19(6-4-18)16-28-23(29)9-11-24(28)10-2-13-27(14-12-24)17-20-15-21(25)7-8-22(20)26/h3-8,15H,2,9-14,16-17H2,1H3. The Hall–Kier alpha value is -2.27. The minimum Gasteiger partial charge on any atom is -0.333 e. The molecule has 2 saturated heterocycles. The molecule has 154 valence electrons. The lowest BCUT2D eigenvalue weighted by Gasteiger charge is -2.38. The van der Waals surface area contributed by atoms with E-state index < -0.39 is 5.82 Å². The van der Waals surface area contributed by atoms with Gasteiger partial charge in [-0.05, 0) is 62.9 Å². The van der Waals surface area contributed by atoms with Crippen molar-refractivity contribution in [3.8, 4) is 0 Å². The van der Waals surface area contributed by atoms with Gasteiger partial charge in [0.05, 0.1) is 0 Å². The van der Waals surface area contributed by atoms with E-state index in [1.807, 2.05) is 0 Å². The summed E-state index contributed by atoms with van der Waals surface area (Å²) in [4.78, 5) is 17.0. The zero-order valence-electron chi connectivity index (χ0n) is 17.0. The predicted molar refractivity (Wildman–Crippen MR) is 109 cm³/mol. The van der Waals surface area contributed by atoms with Crippen LogP contribution in [0.4, 0.5) is 8.78 Å². The van der Waals surface area contributed by atoms with Crippen LogP contribution in [0.25, 0.3) is 0 Å². The Morgan fingerprint density at radius 2 is 1.76 bits per heavy atom. The molecular weight excluding hydrogens is 370 g/mol. The van der Waals surface area contributed by atoms with Crippen molar-refractivity contribution in [3.05, 3.63) is 70.8 Å².